The van der Waals surface area contributed by atoms with Crippen LogP contribution in [-0.4, -0.2) is 51.6 Å². The molecule has 0 bridgehead atoms. The highest BCUT2D eigenvalue weighted by Gasteiger charge is 2.54. The molecule has 1 N–H and O–H groups in total. The van der Waals surface area contributed by atoms with Crippen LogP contribution in [0.3, 0.4) is 0 Å². The molecular weight excluding hydrogens is 494 g/mol. The summed E-state index contributed by atoms with van der Waals surface area (Å²) in [6.45, 7) is 15.6. The van der Waals surface area contributed by atoms with Crippen LogP contribution in [0.5, 0.6) is 0 Å². The summed E-state index contributed by atoms with van der Waals surface area (Å²) in [7, 11) is 0. The van der Waals surface area contributed by atoms with Crippen molar-refractivity contribution in [2.75, 3.05) is 31.1 Å². The Kier molecular flexibility index (Phi) is 5.23. The number of aromatic nitrogens is 4. The van der Waals surface area contributed by atoms with E-state index in [1.54, 1.807) is 23.8 Å². The molecule has 2 saturated heterocycles. The molecule has 8 nitrogen and oxygen atoms in total. The van der Waals surface area contributed by atoms with Gasteiger partial charge in [-0.3, -0.25) is 9.56 Å². The molecule has 3 atom stereocenters. The Labute approximate surface area is 226 Å². The molecule has 1 aromatic carbocycles. The van der Waals surface area contributed by atoms with Gasteiger partial charge in [0.1, 0.15) is 23.1 Å². The molecular formula is C29H33N7OS. The number of fused-ring (bicyclic) bond motifs is 4. The lowest BCUT2D eigenvalue weighted by Crippen LogP contribution is -2.34. The van der Waals surface area contributed by atoms with Crippen molar-refractivity contribution in [3.8, 4) is 5.00 Å². The van der Waals surface area contributed by atoms with E-state index in [1.807, 2.05) is 6.92 Å². The van der Waals surface area contributed by atoms with Crippen molar-refractivity contribution in [1.82, 2.24) is 25.1 Å². The zero-order valence-electron chi connectivity index (χ0n) is 22.6. The Balaban J connectivity index is 1.31. The van der Waals surface area contributed by atoms with Crippen LogP contribution in [0.1, 0.15) is 59.0 Å². The van der Waals surface area contributed by atoms with Crippen LogP contribution in [0.15, 0.2) is 46.1 Å². The van der Waals surface area contributed by atoms with Crippen LogP contribution < -0.4 is 10.2 Å². The molecule has 38 heavy (non-hydrogen) atoms. The number of benzene rings is 1. The van der Waals surface area contributed by atoms with Gasteiger partial charge < -0.3 is 14.6 Å². The predicted octanol–water partition coefficient (Wildman–Crippen LogP) is 4.81. The SMILES string of the molecule is Cc1sc2c(c1C)C(c1ccc(N3C[C@]4(C)CNC[C@]4(C)C3)cc1)=N[C@@H](Cc1ncco1)c1nnc(C)n1-2. The quantitative estimate of drug-likeness (QED) is 0.410. The summed E-state index contributed by atoms with van der Waals surface area (Å²) in [5, 5.41) is 13.8. The number of nitrogens with zero attached hydrogens (tertiary/aromatic N) is 6. The molecule has 4 aromatic rings. The number of aryl methyl sites for hydroxylation is 2. The van der Waals surface area contributed by atoms with E-state index in [1.165, 1.54) is 21.7 Å². The fourth-order valence-electron chi connectivity index (χ4n) is 6.49. The van der Waals surface area contributed by atoms with Crippen LogP contribution in [-0.2, 0) is 6.42 Å². The van der Waals surface area contributed by atoms with E-state index in [9.17, 15) is 0 Å². The number of hydrogen-bond donors (Lipinski definition) is 1. The van der Waals surface area contributed by atoms with Crippen molar-refractivity contribution in [2.24, 2.45) is 15.8 Å². The fourth-order valence-corrected chi connectivity index (χ4v) is 7.70. The number of rotatable bonds is 4. The van der Waals surface area contributed by atoms with Gasteiger partial charge in [-0.05, 0) is 38.5 Å². The minimum absolute atomic E-state index is 0.255. The molecule has 3 aliphatic rings. The summed E-state index contributed by atoms with van der Waals surface area (Å²) in [5.41, 5.74) is 6.42. The third-order valence-electron chi connectivity index (χ3n) is 9.16. The fraction of sp³-hybridized carbons (Fsp3) is 0.448. The molecule has 3 aliphatic heterocycles. The lowest BCUT2D eigenvalue weighted by atomic mass is 9.71. The molecule has 0 unspecified atom stereocenters. The molecule has 196 valence electrons. The average Bonchev–Trinajstić information content (AvgIpc) is 3.67. The molecule has 6 heterocycles. The standard InChI is InChI=1S/C29H33N7OS/c1-17-18(2)38-27-24(17)25(32-22(12-23-31-10-11-37-23)26-34-33-19(3)36(26)27)20-6-8-21(9-7-20)35-15-28(4)13-30-14-29(28,5)16-35/h6-11,22,30H,12-16H2,1-5H3/t22-,28-,29+/m0/s1. The second-order valence-electron chi connectivity index (χ2n) is 11.7. The summed E-state index contributed by atoms with van der Waals surface area (Å²) < 4.78 is 7.79. The lowest BCUT2D eigenvalue weighted by Gasteiger charge is -2.30. The number of hydrogen-bond acceptors (Lipinski definition) is 8. The van der Waals surface area contributed by atoms with Crippen molar-refractivity contribution in [2.45, 2.75) is 47.1 Å². The molecule has 2 fully saturated rings. The van der Waals surface area contributed by atoms with Crippen LogP contribution in [0.4, 0.5) is 5.69 Å². The largest absolute Gasteiger partial charge is 0.449 e. The van der Waals surface area contributed by atoms with E-state index in [0.717, 1.165) is 54.1 Å². The highest BCUT2D eigenvalue weighted by atomic mass is 32.1. The summed E-state index contributed by atoms with van der Waals surface area (Å²) in [6, 6.07) is 8.76. The van der Waals surface area contributed by atoms with Crippen molar-refractivity contribution >= 4 is 22.7 Å². The Hall–Kier alpha value is -3.30. The highest BCUT2D eigenvalue weighted by Crippen LogP contribution is 2.49. The Morgan fingerprint density at radius 2 is 1.79 bits per heavy atom. The maximum atomic E-state index is 5.62. The topological polar surface area (TPSA) is 84.4 Å². The lowest BCUT2D eigenvalue weighted by molar-refractivity contribution is 0.212. The van der Waals surface area contributed by atoms with Gasteiger partial charge in [0, 0.05) is 58.7 Å². The molecule has 0 radical (unpaired) electrons. The normalized spacial score (nSPS) is 26.2. The number of aliphatic imine (C=N–C) groups is 1. The van der Waals surface area contributed by atoms with E-state index in [-0.39, 0.29) is 6.04 Å². The highest BCUT2D eigenvalue weighted by molar-refractivity contribution is 7.15. The third-order valence-corrected chi connectivity index (χ3v) is 10.4. The molecule has 9 heteroatoms. The molecule has 0 amide bonds. The van der Waals surface area contributed by atoms with Gasteiger partial charge in [-0.15, -0.1) is 21.5 Å². The van der Waals surface area contributed by atoms with Gasteiger partial charge in [0.15, 0.2) is 11.7 Å². The smallest absolute Gasteiger partial charge is 0.196 e. The first kappa shape index (κ1) is 23.8. The van der Waals surface area contributed by atoms with E-state index >= 15 is 0 Å². The first-order valence-electron chi connectivity index (χ1n) is 13.3. The van der Waals surface area contributed by atoms with Crippen LogP contribution >= 0.6 is 11.3 Å². The number of anilines is 1. The molecule has 0 aliphatic carbocycles. The Morgan fingerprint density at radius 1 is 1.05 bits per heavy atom. The maximum Gasteiger partial charge on any atom is 0.196 e. The van der Waals surface area contributed by atoms with Crippen LogP contribution in [0.25, 0.3) is 5.00 Å². The van der Waals surface area contributed by atoms with Gasteiger partial charge in [0.2, 0.25) is 0 Å². The summed E-state index contributed by atoms with van der Waals surface area (Å²) in [5.74, 6) is 2.34. The van der Waals surface area contributed by atoms with Gasteiger partial charge in [-0.2, -0.15) is 0 Å². The van der Waals surface area contributed by atoms with E-state index in [4.69, 9.17) is 9.41 Å². The monoisotopic (exact) mass is 527 g/mol. The molecule has 3 aromatic heterocycles. The second kappa shape index (κ2) is 8.35. The average molecular weight is 528 g/mol. The van der Waals surface area contributed by atoms with Crippen LogP contribution in [0.2, 0.25) is 0 Å². The van der Waals surface area contributed by atoms with Crippen molar-refractivity contribution in [3.63, 3.8) is 0 Å². The van der Waals surface area contributed by atoms with Gasteiger partial charge in [-0.25, -0.2) is 4.98 Å². The Bertz CT molecular complexity index is 1530. The summed E-state index contributed by atoms with van der Waals surface area (Å²) in [4.78, 5) is 13.6. The first-order chi connectivity index (χ1) is 18.3. The molecule has 0 spiro atoms. The minimum Gasteiger partial charge on any atom is -0.449 e. The molecule has 7 rings (SSSR count). The number of thiophene rings is 1. The Morgan fingerprint density at radius 3 is 2.47 bits per heavy atom. The maximum absolute atomic E-state index is 5.62. The third kappa shape index (κ3) is 3.44. The minimum atomic E-state index is -0.255. The summed E-state index contributed by atoms with van der Waals surface area (Å²) >= 11 is 1.78. The summed E-state index contributed by atoms with van der Waals surface area (Å²) in [6.07, 6.45) is 3.82. The van der Waals surface area contributed by atoms with Gasteiger partial charge in [0.25, 0.3) is 0 Å². The second-order valence-corrected chi connectivity index (χ2v) is 12.9. The van der Waals surface area contributed by atoms with Gasteiger partial charge in [0.05, 0.1) is 18.3 Å². The van der Waals surface area contributed by atoms with Crippen LogP contribution in [0, 0.1) is 31.6 Å². The van der Waals surface area contributed by atoms with E-state index in [0.29, 0.717) is 23.1 Å². The van der Waals surface area contributed by atoms with Gasteiger partial charge in [-0.1, -0.05) is 26.0 Å². The van der Waals surface area contributed by atoms with Crippen molar-refractivity contribution in [3.05, 3.63) is 75.8 Å². The predicted molar refractivity (Wildman–Crippen MR) is 150 cm³/mol. The molecule has 0 saturated carbocycles. The zero-order chi connectivity index (χ0) is 26.2. The van der Waals surface area contributed by atoms with Gasteiger partial charge >= 0.3 is 0 Å². The van der Waals surface area contributed by atoms with Crippen molar-refractivity contribution < 1.29 is 4.42 Å². The number of oxazole rings is 1. The van der Waals surface area contributed by atoms with Crippen molar-refractivity contribution in [1.29, 1.82) is 0 Å². The van der Waals surface area contributed by atoms with E-state index < -0.39 is 0 Å². The zero-order valence-corrected chi connectivity index (χ0v) is 23.4. The number of nitrogens with one attached hydrogen (secondary N) is 1. The first-order valence-corrected chi connectivity index (χ1v) is 14.1. The van der Waals surface area contributed by atoms with E-state index in [2.05, 4.69) is 81.9 Å².